The SMILES string of the molecule is CN(C(=O)CCCCBr)C(C)(C)CO. The highest BCUT2D eigenvalue weighted by Gasteiger charge is 2.25. The maximum Gasteiger partial charge on any atom is 0.222 e. The zero-order valence-electron chi connectivity index (χ0n) is 9.22. The van der Waals surface area contributed by atoms with Crippen molar-refractivity contribution in [3.8, 4) is 0 Å². The monoisotopic (exact) mass is 265 g/mol. The lowest BCUT2D eigenvalue weighted by Gasteiger charge is -2.34. The number of carbonyl (C=O) groups excluding carboxylic acids is 1. The average Bonchev–Trinajstić information content (AvgIpc) is 2.17. The number of alkyl halides is 1. The molecule has 3 nitrogen and oxygen atoms in total. The minimum atomic E-state index is -0.453. The van der Waals surface area contributed by atoms with Crippen LogP contribution in [-0.4, -0.2) is 40.4 Å². The normalized spacial score (nSPS) is 11.5. The fourth-order valence-electron chi connectivity index (χ4n) is 0.982. The van der Waals surface area contributed by atoms with E-state index in [0.717, 1.165) is 18.2 Å². The number of aliphatic hydroxyl groups excluding tert-OH is 1. The summed E-state index contributed by atoms with van der Waals surface area (Å²) in [6.45, 7) is 3.71. The topological polar surface area (TPSA) is 40.5 Å². The van der Waals surface area contributed by atoms with Crippen molar-refractivity contribution >= 4 is 21.8 Å². The van der Waals surface area contributed by atoms with E-state index in [0.29, 0.717) is 6.42 Å². The lowest BCUT2D eigenvalue weighted by molar-refractivity contribution is -0.136. The Bertz CT molecular complexity index is 183. The van der Waals surface area contributed by atoms with Crippen LogP contribution in [0.25, 0.3) is 0 Å². The molecule has 0 heterocycles. The highest BCUT2D eigenvalue weighted by Crippen LogP contribution is 2.13. The second-order valence-corrected chi connectivity index (χ2v) is 4.86. The number of unbranched alkanes of at least 4 members (excludes halogenated alkanes) is 1. The minimum absolute atomic E-state index is 0.00627. The first-order valence-corrected chi connectivity index (χ1v) is 6.01. The van der Waals surface area contributed by atoms with Crippen LogP contribution in [0, 0.1) is 0 Å². The van der Waals surface area contributed by atoms with Crippen molar-refractivity contribution in [3.05, 3.63) is 0 Å². The van der Waals surface area contributed by atoms with Crippen LogP contribution in [0.2, 0.25) is 0 Å². The van der Waals surface area contributed by atoms with Crippen LogP contribution < -0.4 is 0 Å². The molecular weight excluding hydrogens is 246 g/mol. The third kappa shape index (κ3) is 4.42. The van der Waals surface area contributed by atoms with Crippen molar-refractivity contribution in [2.45, 2.75) is 38.6 Å². The number of aliphatic hydroxyl groups is 1. The van der Waals surface area contributed by atoms with Gasteiger partial charge in [0, 0.05) is 18.8 Å². The summed E-state index contributed by atoms with van der Waals surface area (Å²) in [6.07, 6.45) is 2.47. The summed E-state index contributed by atoms with van der Waals surface area (Å²) in [4.78, 5) is 13.2. The number of hydrogen-bond donors (Lipinski definition) is 1. The van der Waals surface area contributed by atoms with Crippen molar-refractivity contribution in [2.24, 2.45) is 0 Å². The molecule has 0 saturated carbocycles. The lowest BCUT2D eigenvalue weighted by Crippen LogP contribution is -2.47. The Kier molecular flexibility index (Phi) is 6.36. The number of rotatable bonds is 6. The first kappa shape index (κ1) is 13.9. The van der Waals surface area contributed by atoms with Crippen LogP contribution in [0.1, 0.15) is 33.1 Å². The van der Waals surface area contributed by atoms with E-state index in [1.807, 2.05) is 13.8 Å². The molecule has 0 aromatic heterocycles. The van der Waals surface area contributed by atoms with Gasteiger partial charge in [0.05, 0.1) is 12.1 Å². The van der Waals surface area contributed by atoms with E-state index in [1.54, 1.807) is 11.9 Å². The second kappa shape index (κ2) is 6.40. The molecule has 0 saturated heterocycles. The molecule has 84 valence electrons. The molecule has 0 aromatic carbocycles. The van der Waals surface area contributed by atoms with E-state index in [2.05, 4.69) is 15.9 Å². The Hall–Kier alpha value is -0.0900. The fraction of sp³-hybridized carbons (Fsp3) is 0.900. The summed E-state index contributed by atoms with van der Waals surface area (Å²) >= 11 is 3.32. The molecule has 14 heavy (non-hydrogen) atoms. The van der Waals surface area contributed by atoms with Gasteiger partial charge in [-0.2, -0.15) is 0 Å². The predicted octanol–water partition coefficient (Wildman–Crippen LogP) is 1.78. The smallest absolute Gasteiger partial charge is 0.222 e. The van der Waals surface area contributed by atoms with Gasteiger partial charge >= 0.3 is 0 Å². The van der Waals surface area contributed by atoms with E-state index in [9.17, 15) is 4.79 Å². The van der Waals surface area contributed by atoms with Gasteiger partial charge in [-0.1, -0.05) is 15.9 Å². The molecular formula is C10H20BrNO2. The molecule has 1 amide bonds. The van der Waals surface area contributed by atoms with Gasteiger partial charge in [0.1, 0.15) is 0 Å². The zero-order valence-corrected chi connectivity index (χ0v) is 10.8. The molecule has 0 aromatic rings. The fourth-order valence-corrected chi connectivity index (χ4v) is 1.38. The summed E-state index contributed by atoms with van der Waals surface area (Å²) in [6, 6.07) is 0. The Morgan fingerprint density at radius 1 is 1.43 bits per heavy atom. The molecule has 1 N–H and O–H groups in total. The van der Waals surface area contributed by atoms with Crippen molar-refractivity contribution in [2.75, 3.05) is 19.0 Å². The third-order valence-electron chi connectivity index (χ3n) is 2.44. The zero-order chi connectivity index (χ0) is 11.2. The molecule has 0 aliphatic heterocycles. The molecule has 0 rings (SSSR count). The summed E-state index contributed by atoms with van der Waals surface area (Å²) in [5.74, 6) is 0.102. The largest absolute Gasteiger partial charge is 0.394 e. The highest BCUT2D eigenvalue weighted by molar-refractivity contribution is 9.09. The first-order valence-electron chi connectivity index (χ1n) is 4.89. The lowest BCUT2D eigenvalue weighted by atomic mass is 10.0. The van der Waals surface area contributed by atoms with Crippen molar-refractivity contribution in [1.82, 2.24) is 4.90 Å². The van der Waals surface area contributed by atoms with Crippen molar-refractivity contribution in [1.29, 1.82) is 0 Å². The van der Waals surface area contributed by atoms with Crippen LogP contribution in [0.3, 0.4) is 0 Å². The molecule has 0 aliphatic carbocycles. The van der Waals surface area contributed by atoms with E-state index in [4.69, 9.17) is 5.11 Å². The Morgan fingerprint density at radius 2 is 2.00 bits per heavy atom. The summed E-state index contributed by atoms with van der Waals surface area (Å²) < 4.78 is 0. The van der Waals surface area contributed by atoms with Gasteiger partial charge in [-0.25, -0.2) is 0 Å². The standard InChI is InChI=1S/C10H20BrNO2/c1-10(2,8-13)12(3)9(14)6-4-5-7-11/h13H,4-8H2,1-3H3. The maximum atomic E-state index is 11.6. The Morgan fingerprint density at radius 3 is 2.43 bits per heavy atom. The van der Waals surface area contributed by atoms with Gasteiger partial charge in [-0.05, 0) is 26.7 Å². The van der Waals surface area contributed by atoms with E-state index in [-0.39, 0.29) is 12.5 Å². The van der Waals surface area contributed by atoms with E-state index in [1.165, 1.54) is 0 Å². The quantitative estimate of drug-likeness (QED) is 0.588. The van der Waals surface area contributed by atoms with Crippen LogP contribution in [-0.2, 0) is 4.79 Å². The average molecular weight is 266 g/mol. The molecule has 0 bridgehead atoms. The molecule has 0 spiro atoms. The number of halogens is 1. The molecule has 0 radical (unpaired) electrons. The van der Waals surface area contributed by atoms with Crippen LogP contribution in [0.5, 0.6) is 0 Å². The van der Waals surface area contributed by atoms with Gasteiger partial charge in [-0.3, -0.25) is 4.79 Å². The Labute approximate surface area is 94.6 Å². The molecule has 0 fully saturated rings. The van der Waals surface area contributed by atoms with Gasteiger partial charge in [0.25, 0.3) is 0 Å². The predicted molar refractivity (Wildman–Crippen MR) is 61.6 cm³/mol. The summed E-state index contributed by atoms with van der Waals surface area (Å²) in [7, 11) is 1.74. The van der Waals surface area contributed by atoms with E-state index >= 15 is 0 Å². The minimum Gasteiger partial charge on any atom is -0.394 e. The third-order valence-corrected chi connectivity index (χ3v) is 3.00. The van der Waals surface area contributed by atoms with Gasteiger partial charge < -0.3 is 10.0 Å². The van der Waals surface area contributed by atoms with Gasteiger partial charge in [0.2, 0.25) is 5.91 Å². The summed E-state index contributed by atoms with van der Waals surface area (Å²) in [5, 5.41) is 10.0. The number of nitrogens with zero attached hydrogens (tertiary/aromatic N) is 1. The maximum absolute atomic E-state index is 11.6. The van der Waals surface area contributed by atoms with Crippen molar-refractivity contribution < 1.29 is 9.90 Å². The van der Waals surface area contributed by atoms with Crippen LogP contribution in [0.15, 0.2) is 0 Å². The van der Waals surface area contributed by atoms with Gasteiger partial charge in [0.15, 0.2) is 0 Å². The molecule has 0 unspecified atom stereocenters. The van der Waals surface area contributed by atoms with Gasteiger partial charge in [-0.15, -0.1) is 0 Å². The first-order chi connectivity index (χ1) is 6.45. The van der Waals surface area contributed by atoms with E-state index < -0.39 is 5.54 Å². The number of hydrogen-bond acceptors (Lipinski definition) is 2. The van der Waals surface area contributed by atoms with Crippen molar-refractivity contribution in [3.63, 3.8) is 0 Å². The van der Waals surface area contributed by atoms with Crippen LogP contribution >= 0.6 is 15.9 Å². The summed E-state index contributed by atoms with van der Waals surface area (Å²) in [5.41, 5.74) is -0.453. The Balaban J connectivity index is 3.99. The van der Waals surface area contributed by atoms with Crippen LogP contribution in [0.4, 0.5) is 0 Å². The molecule has 0 aliphatic rings. The number of carbonyl (C=O) groups is 1. The molecule has 4 heteroatoms. The number of likely N-dealkylation sites (N-methyl/N-ethyl adjacent to an activating group) is 1. The highest BCUT2D eigenvalue weighted by atomic mass is 79.9. The number of amides is 1. The molecule has 0 atom stereocenters. The second-order valence-electron chi connectivity index (χ2n) is 4.07.